The fourth-order valence-electron chi connectivity index (χ4n) is 2.13. The number of nitrogens with one attached hydrogen (secondary N) is 2. The third-order valence-electron chi connectivity index (χ3n) is 3.04. The molecule has 2 rings (SSSR count). The zero-order valence-corrected chi connectivity index (χ0v) is 12.2. The lowest BCUT2D eigenvalue weighted by molar-refractivity contribution is 0.0636. The number of carbonyl (C=O) groups is 2. The van der Waals surface area contributed by atoms with E-state index in [0.717, 1.165) is 5.56 Å². The molecule has 0 radical (unpaired) electrons. The van der Waals surface area contributed by atoms with Gasteiger partial charge in [-0.1, -0.05) is 6.92 Å². The summed E-state index contributed by atoms with van der Waals surface area (Å²) in [4.78, 5) is 23.5. The molecule has 1 atom stereocenters. The average Bonchev–Trinajstić information content (AvgIpc) is 2.31. The van der Waals surface area contributed by atoms with Crippen molar-refractivity contribution in [3.05, 3.63) is 29.3 Å². The first-order chi connectivity index (χ1) is 9.26. The molecule has 20 heavy (non-hydrogen) atoms. The summed E-state index contributed by atoms with van der Waals surface area (Å²) in [5.74, 6) is 0.157. The van der Waals surface area contributed by atoms with E-state index in [1.165, 1.54) is 0 Å². The third-order valence-corrected chi connectivity index (χ3v) is 3.04. The number of ether oxygens (including phenoxy) is 1. The minimum absolute atomic E-state index is 0.0677. The van der Waals surface area contributed by atoms with Crippen LogP contribution in [0.4, 0.5) is 10.5 Å². The monoisotopic (exact) mass is 276 g/mol. The molecule has 1 aliphatic heterocycles. The van der Waals surface area contributed by atoms with Crippen LogP contribution in [-0.4, -0.2) is 24.1 Å². The maximum Gasteiger partial charge on any atom is 0.412 e. The van der Waals surface area contributed by atoms with E-state index in [1.54, 1.807) is 12.1 Å². The molecule has 1 aromatic rings. The smallest absolute Gasteiger partial charge is 0.412 e. The van der Waals surface area contributed by atoms with Crippen LogP contribution in [0.5, 0.6) is 0 Å². The predicted octanol–water partition coefficient (Wildman–Crippen LogP) is 2.88. The van der Waals surface area contributed by atoms with Gasteiger partial charge in [0.15, 0.2) is 0 Å². The van der Waals surface area contributed by atoms with Crippen molar-refractivity contribution in [1.29, 1.82) is 0 Å². The summed E-state index contributed by atoms with van der Waals surface area (Å²) in [7, 11) is 0. The first-order valence-electron chi connectivity index (χ1n) is 6.68. The Kier molecular flexibility index (Phi) is 3.70. The topological polar surface area (TPSA) is 67.4 Å². The maximum atomic E-state index is 11.7. The van der Waals surface area contributed by atoms with Gasteiger partial charge < -0.3 is 10.1 Å². The van der Waals surface area contributed by atoms with Gasteiger partial charge in [0.25, 0.3) is 5.91 Å². The Bertz CT molecular complexity index is 547. The van der Waals surface area contributed by atoms with Gasteiger partial charge in [0, 0.05) is 17.8 Å². The molecule has 0 saturated carbocycles. The van der Waals surface area contributed by atoms with E-state index >= 15 is 0 Å². The molecule has 0 aliphatic carbocycles. The lowest BCUT2D eigenvalue weighted by Gasteiger charge is -2.24. The minimum atomic E-state index is -0.536. The van der Waals surface area contributed by atoms with Crippen LogP contribution in [0.25, 0.3) is 0 Å². The fourth-order valence-corrected chi connectivity index (χ4v) is 2.13. The molecule has 1 aliphatic rings. The molecule has 0 fully saturated rings. The van der Waals surface area contributed by atoms with E-state index in [1.807, 2.05) is 33.8 Å². The molecule has 5 nitrogen and oxygen atoms in total. The molecule has 1 heterocycles. The second kappa shape index (κ2) is 5.15. The quantitative estimate of drug-likeness (QED) is 0.828. The van der Waals surface area contributed by atoms with Crippen LogP contribution in [0.1, 0.15) is 49.5 Å². The average molecular weight is 276 g/mol. The summed E-state index contributed by atoms with van der Waals surface area (Å²) in [5, 5.41) is 5.52. The molecule has 2 amide bonds. The van der Waals surface area contributed by atoms with Gasteiger partial charge in [-0.15, -0.1) is 0 Å². The summed E-state index contributed by atoms with van der Waals surface area (Å²) in [6, 6.07) is 5.27. The van der Waals surface area contributed by atoms with Crippen molar-refractivity contribution < 1.29 is 14.3 Å². The van der Waals surface area contributed by atoms with Crippen molar-refractivity contribution >= 4 is 17.7 Å². The van der Waals surface area contributed by atoms with Crippen LogP contribution in [0.2, 0.25) is 0 Å². The van der Waals surface area contributed by atoms with Crippen LogP contribution in [0.15, 0.2) is 18.2 Å². The molecule has 1 unspecified atom stereocenters. The van der Waals surface area contributed by atoms with Crippen molar-refractivity contribution in [2.75, 3.05) is 11.9 Å². The van der Waals surface area contributed by atoms with E-state index in [4.69, 9.17) is 4.74 Å². The number of hydrogen-bond donors (Lipinski definition) is 2. The Labute approximate surface area is 118 Å². The summed E-state index contributed by atoms with van der Waals surface area (Å²) in [5.41, 5.74) is 1.71. The number of carbonyl (C=O) groups excluding carboxylic acids is 2. The predicted molar refractivity (Wildman–Crippen MR) is 77.0 cm³/mol. The highest BCUT2D eigenvalue weighted by Gasteiger charge is 2.23. The van der Waals surface area contributed by atoms with Gasteiger partial charge in [-0.2, -0.15) is 0 Å². The lowest BCUT2D eigenvalue weighted by atomic mass is 9.91. The molecular formula is C15H20N2O3. The van der Waals surface area contributed by atoms with Gasteiger partial charge in [0.1, 0.15) is 5.60 Å². The zero-order valence-electron chi connectivity index (χ0n) is 12.2. The van der Waals surface area contributed by atoms with E-state index < -0.39 is 11.7 Å². The van der Waals surface area contributed by atoms with Crippen molar-refractivity contribution in [2.45, 2.75) is 39.2 Å². The summed E-state index contributed by atoms with van der Waals surface area (Å²) < 4.78 is 5.20. The van der Waals surface area contributed by atoms with E-state index in [0.29, 0.717) is 17.8 Å². The summed E-state index contributed by atoms with van der Waals surface area (Å²) in [6.45, 7) is 8.08. The van der Waals surface area contributed by atoms with Crippen molar-refractivity contribution in [1.82, 2.24) is 5.32 Å². The van der Waals surface area contributed by atoms with Gasteiger partial charge >= 0.3 is 6.09 Å². The first kappa shape index (κ1) is 14.4. The fraction of sp³-hybridized carbons (Fsp3) is 0.467. The highest BCUT2D eigenvalue weighted by molar-refractivity contribution is 5.98. The van der Waals surface area contributed by atoms with Gasteiger partial charge in [-0.25, -0.2) is 4.79 Å². The minimum Gasteiger partial charge on any atom is -0.444 e. The van der Waals surface area contributed by atoms with Crippen LogP contribution in [-0.2, 0) is 4.74 Å². The molecule has 0 bridgehead atoms. The molecule has 0 aromatic heterocycles. The number of amides is 2. The Morgan fingerprint density at radius 2 is 2.10 bits per heavy atom. The second-order valence-corrected chi connectivity index (χ2v) is 6.04. The summed E-state index contributed by atoms with van der Waals surface area (Å²) in [6.07, 6.45) is -0.495. The number of hydrogen-bond acceptors (Lipinski definition) is 3. The molecule has 108 valence electrons. The number of benzene rings is 1. The number of fused-ring (bicyclic) bond motifs is 1. The standard InChI is InChI=1S/C15H20N2O3/c1-9-8-16-13(18)11-6-5-10(7-12(9)11)17-14(19)20-15(2,3)4/h5-7,9H,8H2,1-4H3,(H,16,18)(H,17,19). The van der Waals surface area contributed by atoms with Crippen molar-refractivity contribution in [2.24, 2.45) is 0 Å². The highest BCUT2D eigenvalue weighted by atomic mass is 16.6. The second-order valence-electron chi connectivity index (χ2n) is 6.04. The first-order valence-corrected chi connectivity index (χ1v) is 6.68. The van der Waals surface area contributed by atoms with Crippen LogP contribution < -0.4 is 10.6 Å². The van der Waals surface area contributed by atoms with Crippen molar-refractivity contribution in [3.63, 3.8) is 0 Å². The highest BCUT2D eigenvalue weighted by Crippen LogP contribution is 2.26. The van der Waals surface area contributed by atoms with Crippen molar-refractivity contribution in [3.8, 4) is 0 Å². The maximum absolute atomic E-state index is 11.7. The molecule has 0 spiro atoms. The lowest BCUT2D eigenvalue weighted by Crippen LogP contribution is -2.34. The van der Waals surface area contributed by atoms with Gasteiger partial charge in [-0.05, 0) is 50.5 Å². The largest absolute Gasteiger partial charge is 0.444 e. The van der Waals surface area contributed by atoms with Gasteiger partial charge in [-0.3, -0.25) is 10.1 Å². The van der Waals surface area contributed by atoms with E-state index in [2.05, 4.69) is 10.6 Å². The van der Waals surface area contributed by atoms with Gasteiger partial charge in [0.05, 0.1) is 0 Å². The Morgan fingerprint density at radius 3 is 2.75 bits per heavy atom. The number of rotatable bonds is 1. The van der Waals surface area contributed by atoms with E-state index in [9.17, 15) is 9.59 Å². The molecule has 2 N–H and O–H groups in total. The summed E-state index contributed by atoms with van der Waals surface area (Å²) >= 11 is 0. The van der Waals surface area contributed by atoms with Gasteiger partial charge in [0.2, 0.25) is 0 Å². The van der Waals surface area contributed by atoms with E-state index in [-0.39, 0.29) is 11.8 Å². The molecular weight excluding hydrogens is 256 g/mol. The van der Waals surface area contributed by atoms with Crippen LogP contribution in [0, 0.1) is 0 Å². The van der Waals surface area contributed by atoms with Crippen LogP contribution in [0.3, 0.4) is 0 Å². The zero-order chi connectivity index (χ0) is 14.9. The Balaban J connectivity index is 2.17. The molecule has 0 saturated heterocycles. The normalized spacial score (nSPS) is 18.0. The number of anilines is 1. The Hall–Kier alpha value is -2.04. The molecule has 1 aromatic carbocycles. The third kappa shape index (κ3) is 3.29. The molecule has 5 heteroatoms. The Morgan fingerprint density at radius 1 is 1.40 bits per heavy atom. The SMILES string of the molecule is CC1CNC(=O)c2ccc(NC(=O)OC(C)(C)C)cc21. The van der Waals surface area contributed by atoms with Crippen LogP contribution >= 0.6 is 0 Å².